The highest BCUT2D eigenvalue weighted by atomic mass is 16.6. The number of hydrogen-bond acceptors (Lipinski definition) is 6. The molecule has 7 nitrogen and oxygen atoms in total. The second-order valence-corrected chi connectivity index (χ2v) is 10.3. The van der Waals surface area contributed by atoms with Crippen molar-refractivity contribution in [1.29, 1.82) is 0 Å². The quantitative estimate of drug-likeness (QED) is 0.308. The molecule has 0 aliphatic carbocycles. The lowest BCUT2D eigenvalue weighted by Crippen LogP contribution is -2.36. The van der Waals surface area contributed by atoms with Gasteiger partial charge < -0.3 is 14.0 Å². The van der Waals surface area contributed by atoms with Gasteiger partial charge in [-0.15, -0.1) is 0 Å². The number of aryl methyl sites for hydroxylation is 1. The maximum atomic E-state index is 12.6. The molecule has 0 radical (unpaired) electrons. The zero-order valence-corrected chi connectivity index (χ0v) is 21.2. The lowest BCUT2D eigenvalue weighted by molar-refractivity contribution is 0.0199. The highest BCUT2D eigenvalue weighted by molar-refractivity contribution is 5.87. The van der Waals surface area contributed by atoms with Gasteiger partial charge in [0.2, 0.25) is 11.7 Å². The van der Waals surface area contributed by atoms with Crippen LogP contribution in [0.4, 0.5) is 4.79 Å². The third kappa shape index (κ3) is 5.35. The van der Waals surface area contributed by atoms with E-state index < -0.39 is 5.60 Å². The van der Waals surface area contributed by atoms with E-state index in [0.29, 0.717) is 24.9 Å². The molecule has 1 aliphatic rings. The molecule has 0 bridgehead atoms. The number of amides is 1. The first-order valence-corrected chi connectivity index (χ1v) is 12.3. The molecular formula is C29H31N3O4. The fourth-order valence-electron chi connectivity index (χ4n) is 4.35. The molecule has 5 rings (SSSR count). The number of likely N-dealkylation sites (tertiary alicyclic amines) is 1. The Morgan fingerprint density at radius 1 is 1.06 bits per heavy atom. The molecule has 1 atom stereocenters. The van der Waals surface area contributed by atoms with E-state index in [0.717, 1.165) is 40.5 Å². The molecular weight excluding hydrogens is 454 g/mol. The van der Waals surface area contributed by atoms with E-state index in [-0.39, 0.29) is 12.1 Å². The van der Waals surface area contributed by atoms with Crippen LogP contribution in [0.3, 0.4) is 0 Å². The Hall–Kier alpha value is -3.87. The molecule has 0 unspecified atom stereocenters. The fourth-order valence-corrected chi connectivity index (χ4v) is 4.35. The molecule has 1 fully saturated rings. The lowest BCUT2D eigenvalue weighted by Gasteiger charge is -2.26. The summed E-state index contributed by atoms with van der Waals surface area (Å²) in [5, 5.41) is 6.32. The Balaban J connectivity index is 1.30. The molecule has 1 aliphatic heterocycles. The molecule has 7 heteroatoms. The number of nitrogens with zero attached hydrogens (tertiary/aromatic N) is 3. The van der Waals surface area contributed by atoms with Crippen LogP contribution in [-0.2, 0) is 11.3 Å². The maximum absolute atomic E-state index is 12.6. The molecule has 2 heterocycles. The number of rotatable bonds is 5. The summed E-state index contributed by atoms with van der Waals surface area (Å²) in [6, 6.07) is 20.2. The average molecular weight is 486 g/mol. The summed E-state index contributed by atoms with van der Waals surface area (Å²) in [6.07, 6.45) is 1.28. The van der Waals surface area contributed by atoms with Gasteiger partial charge >= 0.3 is 6.09 Å². The zero-order valence-electron chi connectivity index (χ0n) is 21.2. The van der Waals surface area contributed by atoms with Crippen molar-refractivity contribution in [2.45, 2.75) is 58.8 Å². The summed E-state index contributed by atoms with van der Waals surface area (Å²) in [4.78, 5) is 19.0. The van der Waals surface area contributed by atoms with Gasteiger partial charge in [0.1, 0.15) is 24.0 Å². The van der Waals surface area contributed by atoms with Crippen LogP contribution in [0.1, 0.15) is 56.7 Å². The van der Waals surface area contributed by atoms with E-state index in [1.807, 2.05) is 57.2 Å². The third-order valence-corrected chi connectivity index (χ3v) is 6.20. The van der Waals surface area contributed by atoms with E-state index in [1.165, 1.54) is 5.56 Å². The van der Waals surface area contributed by atoms with Crippen molar-refractivity contribution in [3.05, 3.63) is 77.7 Å². The highest BCUT2D eigenvalue weighted by Gasteiger charge is 2.36. The number of benzene rings is 3. The van der Waals surface area contributed by atoms with Crippen molar-refractivity contribution in [3.63, 3.8) is 0 Å². The largest absolute Gasteiger partial charge is 0.489 e. The van der Waals surface area contributed by atoms with Crippen LogP contribution in [0.5, 0.6) is 5.75 Å². The number of hydrogen-bond donors (Lipinski definition) is 0. The van der Waals surface area contributed by atoms with Crippen LogP contribution in [0, 0.1) is 6.92 Å². The molecule has 0 saturated carbocycles. The Morgan fingerprint density at radius 3 is 2.58 bits per heavy atom. The summed E-state index contributed by atoms with van der Waals surface area (Å²) >= 11 is 0. The van der Waals surface area contributed by atoms with Crippen LogP contribution in [0.2, 0.25) is 0 Å². The Kier molecular flexibility index (Phi) is 6.39. The van der Waals surface area contributed by atoms with Gasteiger partial charge in [-0.3, -0.25) is 4.90 Å². The Bertz CT molecular complexity index is 1370. The topological polar surface area (TPSA) is 77.7 Å². The van der Waals surface area contributed by atoms with Crippen LogP contribution in [0.25, 0.3) is 22.2 Å². The van der Waals surface area contributed by atoms with E-state index in [2.05, 4.69) is 41.3 Å². The number of carbonyl (C=O) groups excluding carboxylic acids is 1. The van der Waals surface area contributed by atoms with Crippen LogP contribution in [-0.4, -0.2) is 33.3 Å². The van der Waals surface area contributed by atoms with Crippen molar-refractivity contribution < 1.29 is 18.8 Å². The molecule has 0 spiro atoms. The van der Waals surface area contributed by atoms with Gasteiger partial charge in [0.15, 0.2) is 0 Å². The molecule has 1 saturated heterocycles. The smallest absolute Gasteiger partial charge is 0.410 e. The van der Waals surface area contributed by atoms with Crippen molar-refractivity contribution in [2.24, 2.45) is 0 Å². The van der Waals surface area contributed by atoms with Gasteiger partial charge in [-0.05, 0) is 75.1 Å². The van der Waals surface area contributed by atoms with Gasteiger partial charge in [0.25, 0.3) is 0 Å². The predicted molar refractivity (Wildman–Crippen MR) is 138 cm³/mol. The van der Waals surface area contributed by atoms with Crippen LogP contribution < -0.4 is 4.74 Å². The summed E-state index contributed by atoms with van der Waals surface area (Å²) < 4.78 is 17.1. The van der Waals surface area contributed by atoms with Gasteiger partial charge in [0.05, 0.1) is 0 Å². The molecule has 4 aromatic rings. The minimum atomic E-state index is -0.555. The lowest BCUT2D eigenvalue weighted by atomic mass is 10.1. The summed E-state index contributed by atoms with van der Waals surface area (Å²) in [5.41, 5.74) is 2.67. The second kappa shape index (κ2) is 9.64. The molecule has 1 aromatic heterocycles. The average Bonchev–Trinajstić information content (AvgIpc) is 3.52. The standard InChI is InChI=1S/C29H31N3O4/c1-19-7-9-20(10-8-19)18-34-24-14-13-21-16-23(12-11-22(21)17-24)26-30-27(36-31-26)25-6-5-15-32(25)28(33)35-29(2,3)4/h7-14,16-17,25H,5-6,15,18H2,1-4H3/t25-/m0/s1. The van der Waals surface area contributed by atoms with Crippen molar-refractivity contribution in [2.75, 3.05) is 6.54 Å². The minimum absolute atomic E-state index is 0.269. The van der Waals surface area contributed by atoms with Crippen LogP contribution in [0.15, 0.2) is 65.2 Å². The molecule has 3 aromatic carbocycles. The van der Waals surface area contributed by atoms with Crippen molar-refractivity contribution in [3.8, 4) is 17.1 Å². The first kappa shape index (κ1) is 23.9. The highest BCUT2D eigenvalue weighted by Crippen LogP contribution is 2.34. The first-order chi connectivity index (χ1) is 17.2. The molecule has 1 amide bonds. The zero-order chi connectivity index (χ0) is 25.3. The Morgan fingerprint density at radius 2 is 1.81 bits per heavy atom. The number of ether oxygens (including phenoxy) is 2. The second-order valence-electron chi connectivity index (χ2n) is 10.3. The molecule has 36 heavy (non-hydrogen) atoms. The van der Waals surface area contributed by atoms with E-state index in [9.17, 15) is 4.79 Å². The first-order valence-electron chi connectivity index (χ1n) is 12.3. The van der Waals surface area contributed by atoms with Gasteiger partial charge in [-0.2, -0.15) is 4.98 Å². The third-order valence-electron chi connectivity index (χ3n) is 6.20. The van der Waals surface area contributed by atoms with Gasteiger partial charge in [0, 0.05) is 12.1 Å². The van der Waals surface area contributed by atoms with Gasteiger partial charge in [-0.1, -0.05) is 53.2 Å². The van der Waals surface area contributed by atoms with Crippen LogP contribution >= 0.6 is 0 Å². The fraction of sp³-hybridized carbons (Fsp3) is 0.345. The van der Waals surface area contributed by atoms with Gasteiger partial charge in [-0.25, -0.2) is 4.79 Å². The van der Waals surface area contributed by atoms with E-state index >= 15 is 0 Å². The maximum Gasteiger partial charge on any atom is 0.410 e. The SMILES string of the molecule is Cc1ccc(COc2ccc3cc(-c4noc([C@@H]5CCCN5C(=O)OC(C)(C)C)n4)ccc3c2)cc1. The molecule has 0 N–H and O–H groups in total. The van der Waals surface area contributed by atoms with Crippen molar-refractivity contribution >= 4 is 16.9 Å². The number of carbonyl (C=O) groups is 1. The van der Waals surface area contributed by atoms with E-state index in [4.69, 9.17) is 14.0 Å². The molecule has 186 valence electrons. The monoisotopic (exact) mass is 485 g/mol. The predicted octanol–water partition coefficient (Wildman–Crippen LogP) is 6.85. The van der Waals surface area contributed by atoms with Crippen molar-refractivity contribution in [1.82, 2.24) is 15.0 Å². The van der Waals surface area contributed by atoms with E-state index in [1.54, 1.807) is 4.90 Å². The normalized spacial score (nSPS) is 15.9. The Labute approximate surface area is 211 Å². The number of aromatic nitrogens is 2. The summed E-state index contributed by atoms with van der Waals surface area (Å²) in [6.45, 7) is 8.79. The summed E-state index contributed by atoms with van der Waals surface area (Å²) in [7, 11) is 0. The summed E-state index contributed by atoms with van der Waals surface area (Å²) in [5.74, 6) is 1.76. The minimum Gasteiger partial charge on any atom is -0.489 e. The number of fused-ring (bicyclic) bond motifs is 1.